The zero-order valence-corrected chi connectivity index (χ0v) is 16.0. The average Bonchev–Trinajstić information content (AvgIpc) is 3.14. The number of carbonyl (C=O) groups is 1. The molecule has 0 fully saturated rings. The Morgan fingerprint density at radius 1 is 1.04 bits per heavy atom. The normalized spacial score (nSPS) is 15.4. The molecule has 4 rings (SSSR count). The molecule has 0 N–H and O–H groups in total. The summed E-state index contributed by atoms with van der Waals surface area (Å²) in [7, 11) is -0.748. The number of hydrogen-bond acceptors (Lipinski definition) is 6. The van der Waals surface area contributed by atoms with Crippen LogP contribution in [0.5, 0.6) is 0 Å². The SMILES string of the molecule is Cn1cnc2c1c(=O)n(CCCN1C(=O)c3ccccc3S1(=O)=O)c(=O)n2C. The Morgan fingerprint density at radius 3 is 2.46 bits per heavy atom. The first kappa shape index (κ1) is 18.2. The number of amides is 1. The van der Waals surface area contributed by atoms with E-state index in [9.17, 15) is 22.8 Å². The van der Waals surface area contributed by atoms with E-state index in [1.54, 1.807) is 19.2 Å². The van der Waals surface area contributed by atoms with Gasteiger partial charge < -0.3 is 4.57 Å². The van der Waals surface area contributed by atoms with Crippen LogP contribution in [-0.4, -0.2) is 43.9 Å². The standard InChI is InChI=1S/C17H17N5O5S/c1-19-10-18-14-13(19)16(24)21(17(25)20(14)2)8-5-9-22-15(23)11-6-3-4-7-12(11)28(22,26)27/h3-4,6-7,10H,5,8-9H2,1-2H3. The summed E-state index contributed by atoms with van der Waals surface area (Å²) in [4.78, 5) is 41.6. The molecule has 0 unspecified atom stereocenters. The van der Waals surface area contributed by atoms with Crippen LogP contribution in [0.4, 0.5) is 0 Å². The number of nitrogens with zero attached hydrogens (tertiary/aromatic N) is 5. The van der Waals surface area contributed by atoms with Gasteiger partial charge in [-0.25, -0.2) is 22.5 Å². The molecule has 0 bridgehead atoms. The molecule has 3 heterocycles. The number of imidazole rings is 1. The summed E-state index contributed by atoms with van der Waals surface area (Å²) in [6.45, 7) is -0.156. The highest BCUT2D eigenvalue weighted by Crippen LogP contribution is 2.29. The van der Waals surface area contributed by atoms with Gasteiger partial charge in [-0.15, -0.1) is 0 Å². The lowest BCUT2D eigenvalue weighted by Gasteiger charge is -2.15. The molecule has 0 spiro atoms. The summed E-state index contributed by atoms with van der Waals surface area (Å²) >= 11 is 0. The monoisotopic (exact) mass is 403 g/mol. The fraction of sp³-hybridized carbons (Fsp3) is 0.294. The van der Waals surface area contributed by atoms with E-state index in [-0.39, 0.29) is 41.1 Å². The molecular formula is C17H17N5O5S. The minimum atomic E-state index is -3.91. The Labute approximate surface area is 159 Å². The number of sulfonamides is 1. The van der Waals surface area contributed by atoms with Crippen molar-refractivity contribution in [2.45, 2.75) is 17.9 Å². The van der Waals surface area contributed by atoms with Crippen LogP contribution in [0.1, 0.15) is 16.8 Å². The van der Waals surface area contributed by atoms with Crippen molar-refractivity contribution >= 4 is 27.1 Å². The van der Waals surface area contributed by atoms with Crippen molar-refractivity contribution in [3.63, 3.8) is 0 Å². The molecule has 0 atom stereocenters. The van der Waals surface area contributed by atoms with E-state index in [0.717, 1.165) is 8.87 Å². The van der Waals surface area contributed by atoms with Crippen molar-refractivity contribution in [1.29, 1.82) is 0 Å². The first-order chi connectivity index (χ1) is 13.2. The summed E-state index contributed by atoms with van der Waals surface area (Å²) < 4.78 is 29.8. The van der Waals surface area contributed by atoms with Gasteiger partial charge in [-0.3, -0.25) is 18.7 Å². The minimum Gasteiger partial charge on any atom is -0.328 e. The number of hydrogen-bond donors (Lipinski definition) is 0. The van der Waals surface area contributed by atoms with Crippen LogP contribution in [0.2, 0.25) is 0 Å². The van der Waals surface area contributed by atoms with Crippen molar-refractivity contribution in [3.8, 4) is 0 Å². The van der Waals surface area contributed by atoms with Gasteiger partial charge in [0, 0.05) is 27.2 Å². The summed E-state index contributed by atoms with van der Waals surface area (Å²) in [5.41, 5.74) is -0.361. The van der Waals surface area contributed by atoms with Crippen molar-refractivity contribution in [1.82, 2.24) is 23.0 Å². The van der Waals surface area contributed by atoms with Crippen molar-refractivity contribution in [2.24, 2.45) is 14.1 Å². The average molecular weight is 403 g/mol. The quantitative estimate of drug-likeness (QED) is 0.589. The highest BCUT2D eigenvalue weighted by Gasteiger charge is 2.40. The number of aromatic nitrogens is 4. The maximum atomic E-state index is 12.7. The molecule has 28 heavy (non-hydrogen) atoms. The number of carbonyl (C=O) groups excluding carboxylic acids is 1. The number of benzene rings is 1. The van der Waals surface area contributed by atoms with Crippen LogP contribution in [0, 0.1) is 0 Å². The molecule has 10 nitrogen and oxygen atoms in total. The highest BCUT2D eigenvalue weighted by molar-refractivity contribution is 7.90. The number of aryl methyl sites for hydroxylation is 2. The Hall–Kier alpha value is -3.21. The lowest BCUT2D eigenvalue weighted by atomic mass is 10.2. The van der Waals surface area contributed by atoms with E-state index in [1.807, 2.05) is 0 Å². The fourth-order valence-corrected chi connectivity index (χ4v) is 5.03. The van der Waals surface area contributed by atoms with Gasteiger partial charge in [-0.2, -0.15) is 0 Å². The molecule has 1 amide bonds. The van der Waals surface area contributed by atoms with Gasteiger partial charge in [0.05, 0.1) is 11.9 Å². The number of rotatable bonds is 4. The van der Waals surface area contributed by atoms with E-state index in [0.29, 0.717) is 0 Å². The zero-order valence-electron chi connectivity index (χ0n) is 15.2. The molecule has 2 aromatic heterocycles. The van der Waals surface area contributed by atoms with Crippen LogP contribution in [0.3, 0.4) is 0 Å². The number of fused-ring (bicyclic) bond motifs is 2. The van der Waals surface area contributed by atoms with Crippen LogP contribution in [0.25, 0.3) is 11.2 Å². The molecule has 1 aliphatic heterocycles. The molecule has 0 saturated carbocycles. The molecule has 0 saturated heterocycles. The summed E-state index contributed by atoms with van der Waals surface area (Å²) in [5.74, 6) is -0.599. The highest BCUT2D eigenvalue weighted by atomic mass is 32.2. The van der Waals surface area contributed by atoms with E-state index in [1.165, 1.54) is 34.6 Å². The third-order valence-corrected chi connectivity index (χ3v) is 6.70. The van der Waals surface area contributed by atoms with Crippen molar-refractivity contribution in [2.75, 3.05) is 6.54 Å². The summed E-state index contributed by atoms with van der Waals surface area (Å²) in [6.07, 6.45) is 1.57. The van der Waals surface area contributed by atoms with E-state index in [2.05, 4.69) is 4.98 Å². The van der Waals surface area contributed by atoms with Crippen LogP contribution < -0.4 is 11.2 Å². The molecule has 3 aromatic rings. The Bertz CT molecular complexity index is 1350. The van der Waals surface area contributed by atoms with Gasteiger partial charge >= 0.3 is 5.69 Å². The second kappa shape index (κ2) is 6.16. The molecule has 146 valence electrons. The minimum absolute atomic E-state index is 0.0237. The molecular weight excluding hydrogens is 386 g/mol. The second-order valence-corrected chi connectivity index (χ2v) is 8.39. The molecule has 1 aromatic carbocycles. The van der Waals surface area contributed by atoms with Crippen molar-refractivity contribution < 1.29 is 13.2 Å². The summed E-state index contributed by atoms with van der Waals surface area (Å²) in [5, 5.41) is 0. The van der Waals surface area contributed by atoms with E-state index in [4.69, 9.17) is 0 Å². The lowest BCUT2D eigenvalue weighted by molar-refractivity contribution is 0.0869. The van der Waals surface area contributed by atoms with Crippen molar-refractivity contribution in [3.05, 3.63) is 57.0 Å². The Kier molecular flexibility index (Phi) is 4.00. The third kappa shape index (κ3) is 2.43. The molecule has 1 aliphatic rings. The molecule has 0 radical (unpaired) electrons. The largest absolute Gasteiger partial charge is 0.332 e. The predicted octanol–water partition coefficient (Wildman–Crippen LogP) is -0.331. The second-order valence-electron chi connectivity index (χ2n) is 6.56. The molecule has 0 aliphatic carbocycles. The van der Waals surface area contributed by atoms with Gasteiger partial charge in [0.25, 0.3) is 21.5 Å². The van der Waals surface area contributed by atoms with Gasteiger partial charge in [-0.05, 0) is 18.6 Å². The Morgan fingerprint density at radius 2 is 1.75 bits per heavy atom. The predicted molar refractivity (Wildman–Crippen MR) is 99.5 cm³/mol. The van der Waals surface area contributed by atoms with E-state index < -0.39 is 27.2 Å². The lowest BCUT2D eigenvalue weighted by Crippen LogP contribution is -2.40. The Balaban J connectivity index is 1.62. The first-order valence-electron chi connectivity index (χ1n) is 8.52. The van der Waals surface area contributed by atoms with Crippen LogP contribution in [0.15, 0.2) is 45.1 Å². The maximum absolute atomic E-state index is 12.7. The van der Waals surface area contributed by atoms with Gasteiger partial charge in [-0.1, -0.05) is 12.1 Å². The summed E-state index contributed by atoms with van der Waals surface area (Å²) in [6, 6.07) is 6.01. The van der Waals surface area contributed by atoms with E-state index >= 15 is 0 Å². The third-order valence-electron chi connectivity index (χ3n) is 4.86. The van der Waals surface area contributed by atoms with Gasteiger partial charge in [0.15, 0.2) is 11.2 Å². The van der Waals surface area contributed by atoms with Gasteiger partial charge in [0.2, 0.25) is 0 Å². The zero-order chi connectivity index (χ0) is 20.2. The van der Waals surface area contributed by atoms with Crippen LogP contribution >= 0.6 is 0 Å². The first-order valence-corrected chi connectivity index (χ1v) is 9.96. The topological polar surface area (TPSA) is 116 Å². The maximum Gasteiger partial charge on any atom is 0.332 e. The van der Waals surface area contributed by atoms with Crippen LogP contribution in [-0.2, 0) is 30.7 Å². The van der Waals surface area contributed by atoms with Gasteiger partial charge in [0.1, 0.15) is 4.90 Å². The molecule has 11 heteroatoms. The smallest absolute Gasteiger partial charge is 0.328 e. The fourth-order valence-electron chi connectivity index (χ4n) is 3.42.